The van der Waals surface area contributed by atoms with Gasteiger partial charge in [-0.15, -0.1) is 11.3 Å². The minimum atomic E-state index is 0.626. The van der Waals surface area contributed by atoms with Crippen molar-refractivity contribution in [1.29, 1.82) is 0 Å². The number of rotatable bonds is 3. The first-order valence-corrected chi connectivity index (χ1v) is 7.95. The lowest BCUT2D eigenvalue weighted by Gasteiger charge is -2.25. The van der Waals surface area contributed by atoms with E-state index in [-0.39, 0.29) is 0 Å². The second-order valence-electron chi connectivity index (χ2n) is 5.19. The fourth-order valence-corrected chi connectivity index (χ4v) is 3.56. The smallest absolute Gasteiger partial charge is 0.268 e. The zero-order valence-corrected chi connectivity index (χ0v) is 12.4. The Balaban J connectivity index is 1.55. The molecule has 1 N–H and O–H groups in total. The fourth-order valence-electron chi connectivity index (χ4n) is 2.57. The zero-order valence-electron chi connectivity index (χ0n) is 11.6. The molecule has 3 aromatic rings. The minimum Gasteiger partial charge on any atom is -0.333 e. The van der Waals surface area contributed by atoms with Gasteiger partial charge < -0.3 is 9.84 Å². The molecule has 0 spiro atoms. The largest absolute Gasteiger partial charge is 0.333 e. The maximum absolute atomic E-state index is 5.43. The van der Waals surface area contributed by atoms with Crippen LogP contribution >= 0.6 is 11.3 Å². The van der Waals surface area contributed by atoms with E-state index in [9.17, 15) is 0 Å². The molecule has 108 valence electrons. The Kier molecular flexibility index (Phi) is 3.42. The van der Waals surface area contributed by atoms with Gasteiger partial charge in [0.25, 0.3) is 5.89 Å². The van der Waals surface area contributed by atoms with Crippen molar-refractivity contribution in [2.75, 3.05) is 26.2 Å². The highest BCUT2D eigenvalue weighted by molar-refractivity contribution is 7.22. The van der Waals surface area contributed by atoms with Crippen LogP contribution in [0.3, 0.4) is 0 Å². The van der Waals surface area contributed by atoms with E-state index in [0.29, 0.717) is 5.89 Å². The average Bonchev–Trinajstić information content (AvgIpc) is 3.14. The van der Waals surface area contributed by atoms with E-state index in [2.05, 4.69) is 38.6 Å². The number of nitrogens with zero attached hydrogens (tertiary/aromatic N) is 3. The number of piperazine rings is 1. The van der Waals surface area contributed by atoms with Gasteiger partial charge in [-0.25, -0.2) is 0 Å². The lowest BCUT2D eigenvalue weighted by molar-refractivity contribution is 0.225. The molecule has 1 saturated heterocycles. The highest BCUT2D eigenvalue weighted by atomic mass is 32.1. The maximum Gasteiger partial charge on any atom is 0.268 e. The number of nitrogens with one attached hydrogen (secondary N) is 1. The first kappa shape index (κ1) is 12.9. The quantitative estimate of drug-likeness (QED) is 0.805. The van der Waals surface area contributed by atoms with Crippen LogP contribution in [-0.2, 0) is 6.54 Å². The van der Waals surface area contributed by atoms with Crippen LogP contribution in [0.2, 0.25) is 0 Å². The Morgan fingerprint density at radius 2 is 2.10 bits per heavy atom. The summed E-state index contributed by atoms with van der Waals surface area (Å²) >= 11 is 1.69. The van der Waals surface area contributed by atoms with Crippen molar-refractivity contribution in [2.24, 2.45) is 0 Å². The van der Waals surface area contributed by atoms with E-state index >= 15 is 0 Å². The van der Waals surface area contributed by atoms with E-state index in [0.717, 1.165) is 43.4 Å². The summed E-state index contributed by atoms with van der Waals surface area (Å²) in [6.07, 6.45) is 0. The average molecular weight is 300 g/mol. The van der Waals surface area contributed by atoms with Crippen molar-refractivity contribution in [1.82, 2.24) is 20.4 Å². The summed E-state index contributed by atoms with van der Waals surface area (Å²) < 4.78 is 6.67. The first-order valence-electron chi connectivity index (χ1n) is 7.13. The molecule has 1 aliphatic heterocycles. The van der Waals surface area contributed by atoms with Crippen molar-refractivity contribution >= 4 is 21.4 Å². The third-order valence-corrected chi connectivity index (χ3v) is 4.78. The number of hydrogen-bond donors (Lipinski definition) is 1. The molecule has 0 bridgehead atoms. The van der Waals surface area contributed by atoms with E-state index in [1.54, 1.807) is 11.3 Å². The molecule has 0 aliphatic carbocycles. The zero-order chi connectivity index (χ0) is 14.1. The standard InChI is InChI=1S/C15H16N4OS/c1-2-4-12-11(3-1)9-13(21-12)15-17-14(18-20-15)10-19-7-5-16-6-8-19/h1-4,9,16H,5-8,10H2. The number of fused-ring (bicyclic) bond motifs is 1. The van der Waals surface area contributed by atoms with Crippen LogP contribution < -0.4 is 5.32 Å². The van der Waals surface area contributed by atoms with Gasteiger partial charge >= 0.3 is 0 Å². The Labute approximate surface area is 126 Å². The second-order valence-corrected chi connectivity index (χ2v) is 6.27. The van der Waals surface area contributed by atoms with Crippen molar-refractivity contribution in [3.8, 4) is 10.8 Å². The monoisotopic (exact) mass is 300 g/mol. The Hall–Kier alpha value is -1.76. The summed E-state index contributed by atoms with van der Waals surface area (Å²) in [7, 11) is 0. The van der Waals surface area contributed by atoms with Gasteiger partial charge in [-0.2, -0.15) is 4.98 Å². The number of thiophene rings is 1. The highest BCUT2D eigenvalue weighted by Gasteiger charge is 2.16. The predicted molar refractivity (Wildman–Crippen MR) is 83.3 cm³/mol. The first-order chi connectivity index (χ1) is 10.4. The maximum atomic E-state index is 5.43. The molecule has 4 rings (SSSR count). The Morgan fingerprint density at radius 1 is 1.24 bits per heavy atom. The molecule has 1 fully saturated rings. The van der Waals surface area contributed by atoms with Crippen molar-refractivity contribution in [2.45, 2.75) is 6.54 Å². The molecule has 3 heterocycles. The van der Waals surface area contributed by atoms with Crippen LogP contribution in [0.1, 0.15) is 5.82 Å². The van der Waals surface area contributed by atoms with Crippen LogP contribution in [0.4, 0.5) is 0 Å². The minimum absolute atomic E-state index is 0.626. The van der Waals surface area contributed by atoms with Crippen molar-refractivity contribution < 1.29 is 4.52 Å². The fraction of sp³-hybridized carbons (Fsp3) is 0.333. The Morgan fingerprint density at radius 3 is 2.95 bits per heavy atom. The summed E-state index contributed by atoms with van der Waals surface area (Å²) in [6.45, 7) is 4.89. The molecule has 6 heteroatoms. The molecule has 0 saturated carbocycles. The van der Waals surface area contributed by atoms with Crippen LogP contribution in [0.25, 0.3) is 20.9 Å². The SMILES string of the molecule is c1ccc2sc(-c3nc(CN4CCNCC4)no3)cc2c1. The molecular weight excluding hydrogens is 284 g/mol. The molecule has 0 radical (unpaired) electrons. The lowest BCUT2D eigenvalue weighted by atomic mass is 10.2. The van der Waals surface area contributed by atoms with Gasteiger partial charge in [-0.1, -0.05) is 23.4 Å². The molecule has 0 amide bonds. The van der Waals surface area contributed by atoms with Crippen molar-refractivity contribution in [3.63, 3.8) is 0 Å². The van der Waals surface area contributed by atoms with Crippen LogP contribution in [0.5, 0.6) is 0 Å². The van der Waals surface area contributed by atoms with E-state index in [4.69, 9.17) is 4.52 Å². The van der Waals surface area contributed by atoms with Gasteiger partial charge in [0.05, 0.1) is 11.4 Å². The summed E-state index contributed by atoms with van der Waals surface area (Å²) in [6, 6.07) is 10.4. The number of aromatic nitrogens is 2. The van der Waals surface area contributed by atoms with Gasteiger partial charge in [0.1, 0.15) is 0 Å². The molecular formula is C15H16N4OS. The van der Waals surface area contributed by atoms with Gasteiger partial charge in [-0.3, -0.25) is 4.90 Å². The molecule has 0 unspecified atom stereocenters. The molecule has 1 aromatic carbocycles. The van der Waals surface area contributed by atoms with Gasteiger partial charge in [-0.05, 0) is 17.5 Å². The molecule has 1 aliphatic rings. The number of benzene rings is 1. The lowest BCUT2D eigenvalue weighted by Crippen LogP contribution is -2.43. The summed E-state index contributed by atoms with van der Waals surface area (Å²) in [4.78, 5) is 7.92. The molecule has 5 nitrogen and oxygen atoms in total. The van der Waals surface area contributed by atoms with Gasteiger partial charge in [0.15, 0.2) is 5.82 Å². The molecule has 2 aromatic heterocycles. The highest BCUT2D eigenvalue weighted by Crippen LogP contribution is 2.32. The normalized spacial score (nSPS) is 16.6. The molecule has 0 atom stereocenters. The van der Waals surface area contributed by atoms with E-state index in [1.165, 1.54) is 10.1 Å². The summed E-state index contributed by atoms with van der Waals surface area (Å²) in [5.74, 6) is 1.39. The number of hydrogen-bond acceptors (Lipinski definition) is 6. The van der Waals surface area contributed by atoms with Crippen LogP contribution in [0, 0.1) is 0 Å². The van der Waals surface area contributed by atoms with Crippen molar-refractivity contribution in [3.05, 3.63) is 36.2 Å². The summed E-state index contributed by atoms with van der Waals surface area (Å²) in [5, 5.41) is 8.68. The van der Waals surface area contributed by atoms with Gasteiger partial charge in [0, 0.05) is 30.9 Å². The van der Waals surface area contributed by atoms with Crippen LogP contribution in [-0.4, -0.2) is 41.2 Å². The molecule has 21 heavy (non-hydrogen) atoms. The van der Waals surface area contributed by atoms with Gasteiger partial charge in [0.2, 0.25) is 0 Å². The second kappa shape index (κ2) is 5.55. The Bertz CT molecular complexity index is 712. The summed E-state index contributed by atoms with van der Waals surface area (Å²) in [5.41, 5.74) is 0. The third kappa shape index (κ3) is 2.70. The predicted octanol–water partition coefficient (Wildman–Crippen LogP) is 2.36. The van der Waals surface area contributed by atoms with Crippen LogP contribution in [0.15, 0.2) is 34.9 Å². The van der Waals surface area contributed by atoms with E-state index < -0.39 is 0 Å². The third-order valence-electron chi connectivity index (χ3n) is 3.68. The van der Waals surface area contributed by atoms with E-state index in [1.807, 2.05) is 12.1 Å². The topological polar surface area (TPSA) is 54.2 Å².